The Bertz CT molecular complexity index is 959. The van der Waals surface area contributed by atoms with E-state index in [1.807, 2.05) is 28.8 Å². The van der Waals surface area contributed by atoms with E-state index in [2.05, 4.69) is 10.3 Å². The maximum absolute atomic E-state index is 13.3. The Kier molecular flexibility index (Phi) is 4.66. The van der Waals surface area contributed by atoms with Gasteiger partial charge in [0.1, 0.15) is 0 Å². The van der Waals surface area contributed by atoms with Gasteiger partial charge >= 0.3 is 5.69 Å². The summed E-state index contributed by atoms with van der Waals surface area (Å²) in [5.74, 6) is -1.31. The second kappa shape index (κ2) is 6.89. The second-order valence-electron chi connectivity index (χ2n) is 5.21. The quantitative estimate of drug-likeness (QED) is 0.427. The summed E-state index contributed by atoms with van der Waals surface area (Å²) in [6.45, 7) is 1.70. The molecule has 1 N–H and O–H groups in total. The molecule has 3 aromatic rings. The van der Waals surface area contributed by atoms with Crippen molar-refractivity contribution in [1.82, 2.24) is 9.38 Å². The van der Waals surface area contributed by atoms with Gasteiger partial charge < -0.3 is 5.32 Å². The van der Waals surface area contributed by atoms with Crippen LogP contribution in [0.15, 0.2) is 53.9 Å². The first-order valence-electron chi connectivity index (χ1n) is 7.29. The first-order valence-corrected chi connectivity index (χ1v) is 8.17. The van der Waals surface area contributed by atoms with Gasteiger partial charge in [0.25, 0.3) is 0 Å². The van der Waals surface area contributed by atoms with E-state index in [1.165, 1.54) is 17.8 Å². The number of pyridine rings is 1. The molecule has 0 spiro atoms. The number of fused-ring (bicyclic) bond motifs is 1. The van der Waals surface area contributed by atoms with E-state index in [0.29, 0.717) is 5.16 Å². The number of thioether (sulfide) groups is 1. The molecular formula is C16H13FN4O3S. The normalized spacial score (nSPS) is 12.1. The minimum Gasteiger partial charge on any atom is -0.325 e. The highest BCUT2D eigenvalue weighted by Gasteiger charge is 2.20. The number of aromatic nitrogens is 2. The van der Waals surface area contributed by atoms with Crippen LogP contribution < -0.4 is 5.32 Å². The number of hydrogen-bond donors (Lipinski definition) is 1. The topological polar surface area (TPSA) is 89.5 Å². The number of carbonyl (C=O) groups is 1. The number of hydrogen-bond acceptors (Lipinski definition) is 5. The molecule has 0 aliphatic carbocycles. The van der Waals surface area contributed by atoms with Crippen molar-refractivity contribution in [3.8, 4) is 0 Å². The molecule has 7 nitrogen and oxygen atoms in total. The highest BCUT2D eigenvalue weighted by Crippen LogP contribution is 2.25. The molecule has 128 valence electrons. The summed E-state index contributed by atoms with van der Waals surface area (Å²) in [5, 5.41) is 13.5. The molecule has 0 aliphatic rings. The van der Waals surface area contributed by atoms with Crippen molar-refractivity contribution in [2.24, 2.45) is 0 Å². The number of nitrogens with zero attached hydrogens (tertiary/aromatic N) is 3. The number of anilines is 1. The van der Waals surface area contributed by atoms with E-state index in [1.54, 1.807) is 13.1 Å². The van der Waals surface area contributed by atoms with Crippen molar-refractivity contribution in [3.05, 3.63) is 64.7 Å². The molecule has 0 saturated carbocycles. The van der Waals surface area contributed by atoms with Gasteiger partial charge in [0, 0.05) is 18.0 Å². The molecule has 2 aromatic heterocycles. The zero-order valence-electron chi connectivity index (χ0n) is 13.0. The highest BCUT2D eigenvalue weighted by molar-refractivity contribution is 8.00. The number of imidazole rings is 1. The lowest BCUT2D eigenvalue weighted by atomic mass is 10.2. The van der Waals surface area contributed by atoms with Crippen molar-refractivity contribution >= 4 is 34.6 Å². The molecule has 1 amide bonds. The monoisotopic (exact) mass is 360 g/mol. The molecule has 9 heteroatoms. The lowest BCUT2D eigenvalue weighted by Crippen LogP contribution is -2.22. The number of nitro groups is 1. The first kappa shape index (κ1) is 16.9. The zero-order valence-corrected chi connectivity index (χ0v) is 13.9. The Morgan fingerprint density at radius 2 is 2.20 bits per heavy atom. The third kappa shape index (κ3) is 3.61. The summed E-state index contributed by atoms with van der Waals surface area (Å²) < 4.78 is 15.2. The summed E-state index contributed by atoms with van der Waals surface area (Å²) in [7, 11) is 0. The summed E-state index contributed by atoms with van der Waals surface area (Å²) >= 11 is 1.25. The van der Waals surface area contributed by atoms with Crippen LogP contribution in [0.25, 0.3) is 5.52 Å². The Labute approximate surface area is 146 Å². The third-order valence-corrected chi connectivity index (χ3v) is 4.55. The number of rotatable bonds is 5. The standard InChI is InChI=1S/C16H13FN4O3S/c1-10(25-16-18-9-12-4-2-3-7-20(12)16)15(22)19-11-5-6-13(17)14(8-11)21(23)24/h2-10H,1H3,(H,19,22). The Morgan fingerprint density at radius 3 is 2.96 bits per heavy atom. The summed E-state index contributed by atoms with van der Waals surface area (Å²) in [6, 6.07) is 8.88. The smallest absolute Gasteiger partial charge is 0.306 e. The van der Waals surface area contributed by atoms with Gasteiger partial charge in [0.05, 0.1) is 21.9 Å². The van der Waals surface area contributed by atoms with Gasteiger partial charge in [-0.05, 0) is 31.2 Å². The van der Waals surface area contributed by atoms with Crippen molar-refractivity contribution in [3.63, 3.8) is 0 Å². The summed E-state index contributed by atoms with van der Waals surface area (Å²) in [4.78, 5) is 26.5. The summed E-state index contributed by atoms with van der Waals surface area (Å²) in [5.41, 5.74) is 0.391. The van der Waals surface area contributed by atoms with Gasteiger partial charge in [0.2, 0.25) is 11.7 Å². The predicted molar refractivity (Wildman–Crippen MR) is 92.2 cm³/mol. The first-order chi connectivity index (χ1) is 12.0. The van der Waals surface area contributed by atoms with Crippen LogP contribution in [0.2, 0.25) is 0 Å². The van der Waals surface area contributed by atoms with Crippen LogP contribution in [-0.4, -0.2) is 25.5 Å². The molecule has 0 fully saturated rings. The average molecular weight is 360 g/mol. The average Bonchev–Trinajstić information content (AvgIpc) is 2.99. The SMILES string of the molecule is CC(Sc1ncc2ccccn12)C(=O)Nc1ccc(F)c([N+](=O)[O-])c1. The van der Waals surface area contributed by atoms with Crippen LogP contribution >= 0.6 is 11.8 Å². The molecule has 0 radical (unpaired) electrons. The van der Waals surface area contributed by atoms with Crippen molar-refractivity contribution in [2.75, 3.05) is 5.32 Å². The molecule has 25 heavy (non-hydrogen) atoms. The number of carbonyl (C=O) groups excluding carboxylic acids is 1. The molecule has 1 unspecified atom stereocenters. The number of amides is 1. The lowest BCUT2D eigenvalue weighted by Gasteiger charge is -2.11. The molecule has 0 bridgehead atoms. The van der Waals surface area contributed by atoms with Gasteiger partial charge in [-0.25, -0.2) is 4.98 Å². The molecule has 1 atom stereocenters. The van der Waals surface area contributed by atoms with Crippen molar-refractivity contribution < 1.29 is 14.1 Å². The number of benzene rings is 1. The van der Waals surface area contributed by atoms with Crippen molar-refractivity contribution in [2.45, 2.75) is 17.3 Å². The Morgan fingerprint density at radius 1 is 1.40 bits per heavy atom. The minimum atomic E-state index is -0.950. The van der Waals surface area contributed by atoms with Crippen LogP contribution in [0.4, 0.5) is 15.8 Å². The second-order valence-corrected chi connectivity index (χ2v) is 6.52. The number of nitrogens with one attached hydrogen (secondary N) is 1. The fourth-order valence-corrected chi connectivity index (χ4v) is 3.07. The van der Waals surface area contributed by atoms with Crippen LogP contribution in [0.5, 0.6) is 0 Å². The fourth-order valence-electron chi connectivity index (χ4n) is 2.19. The van der Waals surface area contributed by atoms with Crippen LogP contribution in [0.3, 0.4) is 0 Å². The Hall–Kier alpha value is -2.94. The van der Waals surface area contributed by atoms with E-state index in [0.717, 1.165) is 17.6 Å². The molecule has 2 heterocycles. The molecule has 0 saturated heterocycles. The zero-order chi connectivity index (χ0) is 18.0. The molecular weight excluding hydrogens is 347 g/mol. The molecule has 1 aromatic carbocycles. The largest absolute Gasteiger partial charge is 0.325 e. The van der Waals surface area contributed by atoms with Crippen LogP contribution in [0.1, 0.15) is 6.92 Å². The number of nitro benzene ring substituents is 1. The van der Waals surface area contributed by atoms with E-state index in [9.17, 15) is 19.3 Å². The van der Waals surface area contributed by atoms with Crippen molar-refractivity contribution in [1.29, 1.82) is 0 Å². The highest BCUT2D eigenvalue weighted by atomic mass is 32.2. The molecule has 0 aliphatic heterocycles. The fraction of sp³-hybridized carbons (Fsp3) is 0.125. The minimum absolute atomic E-state index is 0.165. The van der Waals surface area contributed by atoms with E-state index >= 15 is 0 Å². The van der Waals surface area contributed by atoms with Gasteiger partial charge in [-0.1, -0.05) is 17.8 Å². The van der Waals surface area contributed by atoms with Gasteiger partial charge in [0.15, 0.2) is 5.16 Å². The third-order valence-electron chi connectivity index (χ3n) is 3.47. The van der Waals surface area contributed by atoms with Gasteiger partial charge in [-0.3, -0.25) is 19.3 Å². The molecule has 3 rings (SSSR count). The summed E-state index contributed by atoms with van der Waals surface area (Å²) in [6.07, 6.45) is 3.55. The number of halogens is 1. The van der Waals surface area contributed by atoms with Gasteiger partial charge in [-0.2, -0.15) is 4.39 Å². The lowest BCUT2D eigenvalue weighted by molar-refractivity contribution is -0.387. The Balaban J connectivity index is 1.73. The van der Waals surface area contributed by atoms with E-state index in [-0.39, 0.29) is 11.6 Å². The van der Waals surface area contributed by atoms with E-state index in [4.69, 9.17) is 0 Å². The maximum atomic E-state index is 13.3. The van der Waals surface area contributed by atoms with E-state index < -0.39 is 21.7 Å². The van der Waals surface area contributed by atoms with Crippen LogP contribution in [0, 0.1) is 15.9 Å². The van der Waals surface area contributed by atoms with Crippen LogP contribution in [-0.2, 0) is 4.79 Å². The van der Waals surface area contributed by atoms with Gasteiger partial charge in [-0.15, -0.1) is 0 Å². The predicted octanol–water partition coefficient (Wildman–Crippen LogP) is 3.50. The maximum Gasteiger partial charge on any atom is 0.306 e.